The average molecular weight is 471 g/mol. The molecule has 9 N–H and O–H groups in total. The highest BCUT2D eigenvalue weighted by atomic mass is 31.2. The van der Waals surface area contributed by atoms with Gasteiger partial charge in [-0.3, -0.25) is 23.7 Å². The molecule has 0 aliphatic heterocycles. The molecule has 31 heavy (non-hydrogen) atoms. The van der Waals surface area contributed by atoms with E-state index in [4.69, 9.17) is 26.2 Å². The minimum Gasteiger partial charge on any atom is -0.481 e. The van der Waals surface area contributed by atoms with E-state index in [-0.39, 0.29) is 25.7 Å². The van der Waals surface area contributed by atoms with E-state index in [0.29, 0.717) is 0 Å². The van der Waals surface area contributed by atoms with Gasteiger partial charge in [-0.25, -0.2) is 14.4 Å². The van der Waals surface area contributed by atoms with Gasteiger partial charge in [-0.15, -0.1) is 0 Å². The van der Waals surface area contributed by atoms with Gasteiger partial charge in [-0.05, 0) is 25.7 Å². The molecule has 15 nitrogen and oxygen atoms in total. The summed E-state index contributed by atoms with van der Waals surface area (Å²) >= 11 is 0. The van der Waals surface area contributed by atoms with Gasteiger partial charge >= 0.3 is 31.6 Å². The Hall–Kier alpha value is -2.58. The molecule has 178 valence electrons. The first kappa shape index (κ1) is 28.4. The Bertz CT molecular complexity index is 715. The minimum absolute atomic E-state index is 0.120. The minimum atomic E-state index is -4.63. The largest absolute Gasteiger partial charge is 0.481 e. The summed E-state index contributed by atoms with van der Waals surface area (Å²) in [6.07, 6.45) is -1.91. The van der Waals surface area contributed by atoms with Crippen LogP contribution in [-0.2, 0) is 33.1 Å². The predicted octanol–water partition coefficient (Wildman–Crippen LogP) is -1.45. The quantitative estimate of drug-likeness (QED) is 0.0891. The molecule has 0 aromatic carbocycles. The number of hydrogen-bond acceptors (Lipinski definition) is 8. The lowest BCUT2D eigenvalue weighted by Gasteiger charge is -2.19. The second kappa shape index (κ2) is 13.7. The molecular weight excluding hydrogens is 445 g/mol. The fraction of sp³-hybridized carbons (Fsp3) is 0.667. The van der Waals surface area contributed by atoms with Gasteiger partial charge in [-0.1, -0.05) is 0 Å². The van der Waals surface area contributed by atoms with Crippen LogP contribution >= 0.6 is 7.75 Å². The van der Waals surface area contributed by atoms with Gasteiger partial charge in [0.25, 0.3) is 0 Å². The molecule has 0 fully saturated rings. The number of nitrogens with one attached hydrogen (secondary N) is 2. The topological polar surface area (TPSA) is 263 Å². The number of hydrogen-bond donors (Lipinski definition) is 8. The number of aliphatic carboxylic acids is 4. The molecule has 0 heterocycles. The molecule has 0 saturated heterocycles. The smallest absolute Gasteiger partial charge is 0.403 e. The third-order valence-electron chi connectivity index (χ3n) is 3.80. The van der Waals surface area contributed by atoms with Gasteiger partial charge in [0.1, 0.15) is 18.1 Å². The van der Waals surface area contributed by atoms with Gasteiger partial charge in [0.15, 0.2) is 0 Å². The molecule has 0 rings (SSSR count). The monoisotopic (exact) mass is 471 g/mol. The number of amides is 1. The van der Waals surface area contributed by atoms with Crippen molar-refractivity contribution >= 4 is 37.5 Å². The molecule has 0 aliphatic carbocycles. The van der Waals surface area contributed by atoms with Crippen LogP contribution in [0.3, 0.4) is 0 Å². The summed E-state index contributed by atoms with van der Waals surface area (Å²) in [5, 5.41) is 39.3. The van der Waals surface area contributed by atoms with Crippen molar-refractivity contribution in [1.29, 1.82) is 0 Å². The van der Waals surface area contributed by atoms with Crippen LogP contribution in [0.2, 0.25) is 0 Å². The molecule has 0 aromatic heterocycles. The molecule has 0 saturated carbocycles. The molecule has 4 atom stereocenters. The predicted molar refractivity (Wildman–Crippen MR) is 101 cm³/mol. The molecule has 0 bridgehead atoms. The summed E-state index contributed by atoms with van der Waals surface area (Å²) in [5.74, 6) is -6.32. The summed E-state index contributed by atoms with van der Waals surface area (Å²) in [7, 11) is -4.63. The molecule has 0 aliphatic rings. The maximum Gasteiger partial charge on any atom is 0.403 e. The second-order valence-electron chi connectivity index (χ2n) is 6.39. The molecule has 16 heteroatoms. The first-order valence-corrected chi connectivity index (χ1v) is 10.5. The summed E-state index contributed by atoms with van der Waals surface area (Å²) in [6, 6.07) is -4.32. The van der Waals surface area contributed by atoms with Crippen LogP contribution in [0.1, 0.15) is 38.5 Å². The third kappa shape index (κ3) is 13.4. The zero-order chi connectivity index (χ0) is 24.2. The Morgan fingerprint density at radius 1 is 0.871 bits per heavy atom. The first-order chi connectivity index (χ1) is 14.2. The average Bonchev–Trinajstić information content (AvgIpc) is 2.64. The van der Waals surface area contributed by atoms with Crippen molar-refractivity contribution in [2.45, 2.75) is 56.7 Å². The second-order valence-corrected chi connectivity index (χ2v) is 7.95. The van der Waals surface area contributed by atoms with E-state index in [1.54, 1.807) is 0 Å². The van der Waals surface area contributed by atoms with E-state index in [0.717, 1.165) is 0 Å². The number of carbonyl (C=O) groups is 5. The van der Waals surface area contributed by atoms with Gasteiger partial charge in [0.2, 0.25) is 5.91 Å². The molecule has 0 radical (unpaired) electrons. The number of carboxylic acid groups (broad SMARTS) is 4. The molecule has 0 aromatic rings. The van der Waals surface area contributed by atoms with E-state index in [1.165, 1.54) is 0 Å². The van der Waals surface area contributed by atoms with E-state index >= 15 is 0 Å². The number of carboxylic acids is 4. The van der Waals surface area contributed by atoms with Crippen molar-refractivity contribution in [3.8, 4) is 0 Å². The Morgan fingerprint density at radius 3 is 1.94 bits per heavy atom. The van der Waals surface area contributed by atoms with Gasteiger partial charge in [0.05, 0.1) is 6.61 Å². The fourth-order valence-electron chi connectivity index (χ4n) is 2.15. The van der Waals surface area contributed by atoms with Crippen molar-refractivity contribution in [3.63, 3.8) is 0 Å². The Morgan fingerprint density at radius 2 is 1.45 bits per heavy atom. The van der Waals surface area contributed by atoms with E-state index < -0.39 is 75.1 Å². The van der Waals surface area contributed by atoms with Crippen molar-refractivity contribution in [1.82, 2.24) is 10.4 Å². The van der Waals surface area contributed by atoms with Gasteiger partial charge in [-0.2, -0.15) is 0 Å². The van der Waals surface area contributed by atoms with Crippen molar-refractivity contribution in [2.24, 2.45) is 5.73 Å². The highest BCUT2D eigenvalue weighted by molar-refractivity contribution is 7.50. The van der Waals surface area contributed by atoms with E-state index in [1.807, 2.05) is 5.09 Å². The normalized spacial score (nSPS) is 15.8. The Labute approximate surface area is 176 Å². The highest BCUT2D eigenvalue weighted by Crippen LogP contribution is 2.38. The Balaban J connectivity index is 4.52. The number of nitrogens with two attached hydrogens (primary N) is 1. The van der Waals surface area contributed by atoms with E-state index in [2.05, 4.69) is 9.84 Å². The van der Waals surface area contributed by atoms with Crippen LogP contribution in [-0.4, -0.2) is 79.8 Å². The molecular formula is C15H26N3O12P. The maximum atomic E-state index is 11.9. The van der Waals surface area contributed by atoms with Crippen molar-refractivity contribution < 1.29 is 58.4 Å². The summed E-state index contributed by atoms with van der Waals surface area (Å²) in [6.45, 7) is -0.477. The SMILES string of the molecule is NC(CCC(=O)NC(CCCOP(=O)(O)NC(CCC(=O)O)C(=O)O)C(=O)O)C(=O)O. The lowest BCUT2D eigenvalue weighted by Crippen LogP contribution is -2.41. The maximum absolute atomic E-state index is 11.9. The summed E-state index contributed by atoms with van der Waals surface area (Å²) in [4.78, 5) is 64.7. The van der Waals surface area contributed by atoms with Crippen LogP contribution in [0.15, 0.2) is 0 Å². The van der Waals surface area contributed by atoms with Gasteiger partial charge < -0.3 is 36.4 Å². The number of rotatable bonds is 17. The van der Waals surface area contributed by atoms with E-state index in [9.17, 15) is 33.4 Å². The van der Waals surface area contributed by atoms with Crippen molar-refractivity contribution in [3.05, 3.63) is 0 Å². The number of carbonyl (C=O) groups excluding carboxylic acids is 1. The van der Waals surface area contributed by atoms with Crippen LogP contribution < -0.4 is 16.1 Å². The lowest BCUT2D eigenvalue weighted by molar-refractivity contribution is -0.142. The summed E-state index contributed by atoms with van der Waals surface area (Å²) in [5.41, 5.74) is 5.25. The molecule has 1 amide bonds. The Kier molecular flexibility index (Phi) is 12.5. The van der Waals surface area contributed by atoms with Crippen LogP contribution in [0.4, 0.5) is 0 Å². The summed E-state index contributed by atoms with van der Waals surface area (Å²) < 4.78 is 16.6. The standard InChI is InChI=1S/C15H26N3O12P/c16-8(13(22)23)3-5-11(19)17-9(14(24)25)2-1-7-30-31(28,29)18-10(15(26)27)4-6-12(20)21/h8-10H,1-7,16H2,(H,17,19)(H,20,21)(H,22,23)(H,24,25)(H,26,27)(H2,18,28,29). The van der Waals surface area contributed by atoms with Gasteiger partial charge in [0, 0.05) is 12.8 Å². The fourth-order valence-corrected chi connectivity index (χ4v) is 3.24. The zero-order valence-corrected chi connectivity index (χ0v) is 17.2. The molecule has 4 unspecified atom stereocenters. The third-order valence-corrected chi connectivity index (χ3v) is 4.97. The van der Waals surface area contributed by atoms with Crippen molar-refractivity contribution in [2.75, 3.05) is 6.61 Å². The lowest BCUT2D eigenvalue weighted by atomic mass is 10.1. The van der Waals surface area contributed by atoms with Crippen LogP contribution in [0, 0.1) is 0 Å². The van der Waals surface area contributed by atoms with Crippen LogP contribution in [0.25, 0.3) is 0 Å². The first-order valence-electron chi connectivity index (χ1n) is 8.95. The highest BCUT2D eigenvalue weighted by Gasteiger charge is 2.29. The van der Waals surface area contributed by atoms with Crippen LogP contribution in [0.5, 0.6) is 0 Å². The zero-order valence-electron chi connectivity index (χ0n) is 16.3. The molecule has 0 spiro atoms.